The van der Waals surface area contributed by atoms with E-state index < -0.39 is 0 Å². The van der Waals surface area contributed by atoms with Gasteiger partial charge in [-0.2, -0.15) is 0 Å². The van der Waals surface area contributed by atoms with E-state index in [1.54, 1.807) is 13.1 Å². The number of ether oxygens (including phenoxy) is 2. The number of nitrogens with one attached hydrogen (secondary N) is 1. The van der Waals surface area contributed by atoms with Gasteiger partial charge in [-0.3, -0.25) is 0 Å². The van der Waals surface area contributed by atoms with E-state index in [2.05, 4.69) is 10.3 Å². The summed E-state index contributed by atoms with van der Waals surface area (Å²) in [4.78, 5) is 16.6. The van der Waals surface area contributed by atoms with Gasteiger partial charge in [0, 0.05) is 11.1 Å². The lowest BCUT2D eigenvalue weighted by Crippen LogP contribution is -2.03. The van der Waals surface area contributed by atoms with Crippen LogP contribution in [-0.2, 0) is 29.2 Å². The third-order valence-electron chi connectivity index (χ3n) is 3.26. The van der Waals surface area contributed by atoms with Crippen LogP contribution in [0.4, 0.5) is 5.69 Å². The zero-order chi connectivity index (χ0) is 15.5. The molecule has 2 aromatic rings. The van der Waals surface area contributed by atoms with E-state index in [1.807, 2.05) is 12.1 Å². The van der Waals surface area contributed by atoms with Crippen molar-refractivity contribution in [2.75, 3.05) is 11.9 Å². The maximum atomic E-state index is 11.6. The summed E-state index contributed by atoms with van der Waals surface area (Å²) in [6.07, 6.45) is 1.67. The Bertz CT molecular complexity index is 702. The normalized spacial score (nSPS) is 13.0. The van der Waals surface area contributed by atoms with Crippen LogP contribution in [0.5, 0.6) is 0 Å². The lowest BCUT2D eigenvalue weighted by Gasteiger charge is -2.09. The van der Waals surface area contributed by atoms with Crippen LogP contribution in [0, 0.1) is 0 Å². The summed E-state index contributed by atoms with van der Waals surface area (Å²) in [7, 11) is 0. The van der Waals surface area contributed by atoms with Crippen molar-refractivity contribution < 1.29 is 14.3 Å². The molecule has 116 valence electrons. The van der Waals surface area contributed by atoms with Crippen molar-refractivity contribution in [1.29, 1.82) is 0 Å². The number of fused-ring (bicyclic) bond motifs is 1. The van der Waals surface area contributed by atoms with Crippen LogP contribution in [0.25, 0.3) is 0 Å². The zero-order valence-electron chi connectivity index (χ0n) is 12.0. The van der Waals surface area contributed by atoms with Gasteiger partial charge in [0.1, 0.15) is 0 Å². The van der Waals surface area contributed by atoms with Crippen molar-refractivity contribution in [2.45, 2.75) is 26.7 Å². The molecule has 0 amide bonds. The largest absolute Gasteiger partial charge is 0.461 e. The Balaban J connectivity index is 1.67. The first kappa shape index (κ1) is 15.3. The molecule has 0 radical (unpaired) electrons. The predicted molar refractivity (Wildman–Crippen MR) is 85.3 cm³/mol. The Morgan fingerprint density at radius 2 is 2.23 bits per heavy atom. The molecule has 7 heteroatoms. The van der Waals surface area contributed by atoms with Crippen LogP contribution in [0.15, 0.2) is 18.3 Å². The minimum absolute atomic E-state index is 0.346. The van der Waals surface area contributed by atoms with Gasteiger partial charge in [0.2, 0.25) is 5.01 Å². The van der Waals surface area contributed by atoms with E-state index in [4.69, 9.17) is 21.1 Å². The minimum Gasteiger partial charge on any atom is -0.461 e. The van der Waals surface area contributed by atoms with Crippen molar-refractivity contribution >= 4 is 34.6 Å². The Hall–Kier alpha value is -1.63. The molecule has 0 saturated carbocycles. The summed E-state index contributed by atoms with van der Waals surface area (Å²) in [5.41, 5.74) is 3.15. The summed E-state index contributed by atoms with van der Waals surface area (Å²) in [6, 6.07) is 3.95. The van der Waals surface area contributed by atoms with Gasteiger partial charge in [0.15, 0.2) is 0 Å². The van der Waals surface area contributed by atoms with Gasteiger partial charge in [-0.1, -0.05) is 11.6 Å². The second kappa shape index (κ2) is 6.64. The number of halogens is 1. The highest BCUT2D eigenvalue weighted by molar-refractivity contribution is 7.13. The van der Waals surface area contributed by atoms with Crippen LogP contribution < -0.4 is 5.32 Å². The van der Waals surface area contributed by atoms with Gasteiger partial charge in [0.25, 0.3) is 0 Å². The van der Waals surface area contributed by atoms with Crippen molar-refractivity contribution in [3.8, 4) is 0 Å². The van der Waals surface area contributed by atoms with E-state index in [9.17, 15) is 4.79 Å². The SMILES string of the molecule is CCOC(=O)c1ncc(CNc2cc3c(cc2Cl)COC3)s1. The van der Waals surface area contributed by atoms with E-state index in [0.29, 0.717) is 36.4 Å². The number of hydrogen-bond donors (Lipinski definition) is 1. The van der Waals surface area contributed by atoms with Crippen molar-refractivity contribution in [3.05, 3.63) is 44.4 Å². The maximum absolute atomic E-state index is 11.6. The Morgan fingerprint density at radius 1 is 1.45 bits per heavy atom. The van der Waals surface area contributed by atoms with Crippen LogP contribution in [0.3, 0.4) is 0 Å². The lowest BCUT2D eigenvalue weighted by atomic mass is 10.1. The molecule has 0 fully saturated rings. The molecule has 1 N–H and O–H groups in total. The fourth-order valence-corrected chi connectivity index (χ4v) is 3.19. The molecule has 0 bridgehead atoms. The first-order valence-corrected chi connectivity index (χ1v) is 8.11. The number of aromatic nitrogens is 1. The Labute approximate surface area is 137 Å². The lowest BCUT2D eigenvalue weighted by molar-refractivity contribution is 0.0526. The molecule has 0 saturated heterocycles. The number of nitrogens with zero attached hydrogens (tertiary/aromatic N) is 1. The van der Waals surface area contributed by atoms with Gasteiger partial charge < -0.3 is 14.8 Å². The molecule has 0 aliphatic carbocycles. The highest BCUT2D eigenvalue weighted by Gasteiger charge is 2.15. The molecule has 3 rings (SSSR count). The Morgan fingerprint density at radius 3 is 3.00 bits per heavy atom. The van der Waals surface area contributed by atoms with Crippen molar-refractivity contribution in [2.24, 2.45) is 0 Å². The van der Waals surface area contributed by atoms with Gasteiger partial charge >= 0.3 is 5.97 Å². The first-order valence-electron chi connectivity index (χ1n) is 6.92. The average molecular weight is 339 g/mol. The van der Waals surface area contributed by atoms with Gasteiger partial charge in [-0.05, 0) is 30.2 Å². The zero-order valence-corrected chi connectivity index (χ0v) is 13.6. The molecule has 0 atom stereocenters. The number of thiazole rings is 1. The third kappa shape index (κ3) is 3.24. The van der Waals surface area contributed by atoms with Crippen molar-refractivity contribution in [3.63, 3.8) is 0 Å². The summed E-state index contributed by atoms with van der Waals surface area (Å²) in [5.74, 6) is -0.383. The second-order valence-corrected chi connectivity index (χ2v) is 6.32. The number of carbonyl (C=O) groups is 1. The molecule has 1 aromatic carbocycles. The predicted octanol–water partition coefficient (Wildman–Crippen LogP) is 3.62. The number of hydrogen-bond acceptors (Lipinski definition) is 6. The molecule has 0 unspecified atom stereocenters. The molecule has 2 heterocycles. The van der Waals surface area contributed by atoms with Crippen LogP contribution in [-0.4, -0.2) is 17.6 Å². The third-order valence-corrected chi connectivity index (χ3v) is 4.55. The summed E-state index contributed by atoms with van der Waals surface area (Å²) >= 11 is 7.58. The number of carbonyl (C=O) groups excluding carboxylic acids is 1. The average Bonchev–Trinajstić information content (AvgIpc) is 3.13. The first-order chi connectivity index (χ1) is 10.7. The van der Waals surface area contributed by atoms with Crippen LogP contribution >= 0.6 is 22.9 Å². The summed E-state index contributed by atoms with van der Waals surface area (Å²) in [5, 5.41) is 4.31. The standard InChI is InChI=1S/C15H15ClN2O3S/c1-2-21-15(19)14-18-6-11(22-14)5-17-13-4-10-8-20-7-9(10)3-12(13)16/h3-4,6,17H,2,5,7-8H2,1H3. The van der Waals surface area contributed by atoms with Gasteiger partial charge in [0.05, 0.1) is 37.1 Å². The smallest absolute Gasteiger partial charge is 0.367 e. The number of esters is 1. The molecular formula is C15H15ClN2O3S. The molecule has 22 heavy (non-hydrogen) atoms. The number of anilines is 1. The van der Waals surface area contributed by atoms with Crippen LogP contribution in [0.2, 0.25) is 5.02 Å². The Kier molecular flexibility index (Phi) is 4.61. The van der Waals surface area contributed by atoms with Gasteiger partial charge in [-0.25, -0.2) is 9.78 Å². The number of benzene rings is 1. The fourth-order valence-electron chi connectivity index (χ4n) is 2.19. The van der Waals surface area contributed by atoms with Crippen molar-refractivity contribution in [1.82, 2.24) is 4.98 Å². The van der Waals surface area contributed by atoms with E-state index in [1.165, 1.54) is 11.3 Å². The van der Waals surface area contributed by atoms with E-state index in [-0.39, 0.29) is 5.97 Å². The monoisotopic (exact) mass is 338 g/mol. The summed E-state index contributed by atoms with van der Waals surface area (Å²) < 4.78 is 10.3. The number of rotatable bonds is 5. The molecular weight excluding hydrogens is 324 g/mol. The molecule has 0 spiro atoms. The second-order valence-electron chi connectivity index (χ2n) is 4.80. The molecule has 1 aliphatic heterocycles. The van der Waals surface area contributed by atoms with Crippen LogP contribution in [0.1, 0.15) is 32.7 Å². The maximum Gasteiger partial charge on any atom is 0.367 e. The van der Waals surface area contributed by atoms with Gasteiger partial charge in [-0.15, -0.1) is 11.3 Å². The molecule has 5 nitrogen and oxygen atoms in total. The topological polar surface area (TPSA) is 60.5 Å². The molecule has 1 aromatic heterocycles. The highest BCUT2D eigenvalue weighted by atomic mass is 35.5. The minimum atomic E-state index is -0.383. The quantitative estimate of drug-likeness (QED) is 0.844. The van der Waals surface area contributed by atoms with E-state index >= 15 is 0 Å². The summed E-state index contributed by atoms with van der Waals surface area (Å²) in [6.45, 7) is 3.91. The molecule has 1 aliphatic rings. The van der Waals surface area contributed by atoms with E-state index in [0.717, 1.165) is 21.7 Å². The fraction of sp³-hybridized carbons (Fsp3) is 0.333. The highest BCUT2D eigenvalue weighted by Crippen LogP contribution is 2.31.